The predicted octanol–water partition coefficient (Wildman–Crippen LogP) is 3.01. The van der Waals surface area contributed by atoms with Crippen molar-refractivity contribution >= 4 is 11.4 Å². The molecule has 0 aromatic heterocycles. The molecule has 0 spiro atoms. The second kappa shape index (κ2) is 8.12. The molecule has 0 bridgehead atoms. The van der Waals surface area contributed by atoms with Gasteiger partial charge in [0.05, 0.1) is 11.4 Å². The van der Waals surface area contributed by atoms with E-state index in [-0.39, 0.29) is 6.10 Å². The molecule has 0 radical (unpaired) electrons. The third kappa shape index (κ3) is 4.57. The average Bonchev–Trinajstić information content (AvgIpc) is 3.02. The lowest BCUT2D eigenvalue weighted by atomic mass is 10.1. The second-order valence-corrected chi connectivity index (χ2v) is 6.66. The molecule has 0 saturated carbocycles. The van der Waals surface area contributed by atoms with Gasteiger partial charge in [0.1, 0.15) is 24.2 Å². The number of nitrogen functional groups attached to an aromatic ring is 1. The third-order valence-corrected chi connectivity index (χ3v) is 4.29. The van der Waals surface area contributed by atoms with Crippen molar-refractivity contribution in [3.05, 3.63) is 48.0 Å². The molecule has 0 amide bonds. The van der Waals surface area contributed by atoms with Gasteiger partial charge < -0.3 is 25.4 Å². The van der Waals surface area contributed by atoms with Crippen molar-refractivity contribution in [2.24, 2.45) is 0 Å². The molecule has 2 aromatic carbocycles. The molecule has 134 valence electrons. The van der Waals surface area contributed by atoms with E-state index in [1.165, 1.54) is 0 Å². The first-order chi connectivity index (χ1) is 12.1. The number of hydrogen-bond donors (Lipinski definition) is 2. The lowest BCUT2D eigenvalue weighted by molar-refractivity contribution is 0.148. The first kappa shape index (κ1) is 17.4. The molecule has 1 atom stereocenters. The van der Waals surface area contributed by atoms with Gasteiger partial charge in [0.2, 0.25) is 0 Å². The van der Waals surface area contributed by atoms with Crippen LogP contribution in [-0.4, -0.2) is 44.8 Å². The first-order valence-corrected chi connectivity index (χ1v) is 8.78. The molecule has 0 saturated heterocycles. The number of hydrogen-bond acceptors (Lipinski definition) is 5. The summed E-state index contributed by atoms with van der Waals surface area (Å²) in [4.78, 5) is 2.18. The van der Waals surface area contributed by atoms with E-state index in [1.54, 1.807) is 0 Å². The zero-order valence-electron chi connectivity index (χ0n) is 15.0. The molecule has 3 N–H and O–H groups in total. The van der Waals surface area contributed by atoms with Gasteiger partial charge >= 0.3 is 0 Å². The predicted molar refractivity (Wildman–Crippen MR) is 103 cm³/mol. The summed E-state index contributed by atoms with van der Waals surface area (Å²) in [5.74, 6) is 1.77. The summed E-state index contributed by atoms with van der Waals surface area (Å²) < 4.78 is 11.9. The van der Waals surface area contributed by atoms with Crippen LogP contribution in [0.4, 0.5) is 11.4 Å². The van der Waals surface area contributed by atoms with Gasteiger partial charge in [-0.3, -0.25) is 0 Å². The van der Waals surface area contributed by atoms with Crippen LogP contribution in [0, 0.1) is 0 Å². The van der Waals surface area contributed by atoms with Crippen molar-refractivity contribution in [3.63, 3.8) is 0 Å². The number of nitrogens with zero attached hydrogens (tertiary/aromatic N) is 1. The molecule has 25 heavy (non-hydrogen) atoms. The van der Waals surface area contributed by atoms with E-state index < -0.39 is 0 Å². The molecule has 5 nitrogen and oxygen atoms in total. The van der Waals surface area contributed by atoms with E-state index in [0.29, 0.717) is 6.61 Å². The monoisotopic (exact) mass is 341 g/mol. The van der Waals surface area contributed by atoms with Gasteiger partial charge in [0, 0.05) is 18.5 Å². The summed E-state index contributed by atoms with van der Waals surface area (Å²) in [5.41, 5.74) is 9.13. The van der Waals surface area contributed by atoms with E-state index in [0.717, 1.165) is 54.4 Å². The van der Waals surface area contributed by atoms with E-state index >= 15 is 0 Å². The number of rotatable bonds is 8. The fourth-order valence-electron chi connectivity index (χ4n) is 3.03. The van der Waals surface area contributed by atoms with Crippen LogP contribution < -0.4 is 20.5 Å². The highest BCUT2D eigenvalue weighted by atomic mass is 16.5. The summed E-state index contributed by atoms with van der Waals surface area (Å²) in [6, 6.07) is 13.7. The molecular weight excluding hydrogens is 314 g/mol. The fourth-order valence-corrected chi connectivity index (χ4v) is 3.03. The van der Waals surface area contributed by atoms with Crippen LogP contribution >= 0.6 is 0 Å². The Kier molecular flexibility index (Phi) is 5.66. The molecule has 5 heteroatoms. The maximum Gasteiger partial charge on any atom is 0.137 e. The SMILES string of the molecule is CN(C)CCCNc1c(N)ccc2c1CC(COc1ccccc1)O2. The topological polar surface area (TPSA) is 59.8 Å². The summed E-state index contributed by atoms with van der Waals surface area (Å²) >= 11 is 0. The summed E-state index contributed by atoms with van der Waals surface area (Å²) in [6.07, 6.45) is 1.89. The van der Waals surface area contributed by atoms with Crippen LogP contribution in [0.3, 0.4) is 0 Å². The number of anilines is 2. The molecule has 0 fully saturated rings. The zero-order valence-corrected chi connectivity index (χ0v) is 15.0. The Balaban J connectivity index is 1.59. The minimum absolute atomic E-state index is 0.0133. The molecule has 1 heterocycles. The highest BCUT2D eigenvalue weighted by Gasteiger charge is 2.27. The standard InChI is InChI=1S/C20H27N3O2/c1-23(2)12-6-11-22-20-17-13-16(25-19(17)10-9-18(20)21)14-24-15-7-4-3-5-8-15/h3-5,7-10,16,22H,6,11-14,21H2,1-2H3. The van der Waals surface area contributed by atoms with Gasteiger partial charge in [-0.15, -0.1) is 0 Å². The van der Waals surface area contributed by atoms with E-state index in [1.807, 2.05) is 42.5 Å². The van der Waals surface area contributed by atoms with Gasteiger partial charge in [-0.05, 0) is 51.3 Å². The maximum atomic E-state index is 6.19. The summed E-state index contributed by atoms with van der Waals surface area (Å²) in [5, 5.41) is 3.49. The quantitative estimate of drug-likeness (QED) is 0.571. The van der Waals surface area contributed by atoms with Gasteiger partial charge in [-0.25, -0.2) is 0 Å². The molecule has 0 aliphatic carbocycles. The number of ether oxygens (including phenoxy) is 2. The number of benzene rings is 2. The van der Waals surface area contributed by atoms with E-state index in [4.69, 9.17) is 15.2 Å². The average molecular weight is 341 g/mol. The Morgan fingerprint density at radius 2 is 2.00 bits per heavy atom. The Labute approximate surface area is 149 Å². The lowest BCUT2D eigenvalue weighted by Crippen LogP contribution is -2.22. The molecular formula is C20H27N3O2. The third-order valence-electron chi connectivity index (χ3n) is 4.29. The van der Waals surface area contributed by atoms with Crippen LogP contribution in [0.1, 0.15) is 12.0 Å². The highest BCUT2D eigenvalue weighted by molar-refractivity contribution is 5.74. The van der Waals surface area contributed by atoms with Crippen LogP contribution in [0.2, 0.25) is 0 Å². The molecule has 2 aromatic rings. The second-order valence-electron chi connectivity index (χ2n) is 6.66. The van der Waals surface area contributed by atoms with Gasteiger partial charge in [-0.2, -0.15) is 0 Å². The van der Waals surface area contributed by atoms with Crippen LogP contribution in [0.5, 0.6) is 11.5 Å². The number of nitrogens with two attached hydrogens (primary N) is 1. The normalized spacial score (nSPS) is 15.7. The van der Waals surface area contributed by atoms with Crippen molar-refractivity contribution in [3.8, 4) is 11.5 Å². The smallest absolute Gasteiger partial charge is 0.137 e. The van der Waals surface area contributed by atoms with Crippen molar-refractivity contribution in [2.45, 2.75) is 18.9 Å². The van der Waals surface area contributed by atoms with Crippen LogP contribution in [0.15, 0.2) is 42.5 Å². The van der Waals surface area contributed by atoms with Gasteiger partial charge in [0.25, 0.3) is 0 Å². The van der Waals surface area contributed by atoms with Crippen LogP contribution in [-0.2, 0) is 6.42 Å². The van der Waals surface area contributed by atoms with Crippen molar-refractivity contribution in [1.29, 1.82) is 0 Å². The summed E-state index contributed by atoms with van der Waals surface area (Å²) in [6.45, 7) is 2.47. The molecule has 1 unspecified atom stereocenters. The Hall–Kier alpha value is -2.40. The number of nitrogens with one attached hydrogen (secondary N) is 1. The van der Waals surface area contributed by atoms with Crippen molar-refractivity contribution in [1.82, 2.24) is 4.90 Å². The highest BCUT2D eigenvalue weighted by Crippen LogP contribution is 2.38. The maximum absolute atomic E-state index is 6.19. The largest absolute Gasteiger partial charge is 0.490 e. The van der Waals surface area contributed by atoms with Gasteiger partial charge in [-0.1, -0.05) is 18.2 Å². The Morgan fingerprint density at radius 1 is 1.20 bits per heavy atom. The van der Waals surface area contributed by atoms with Crippen molar-refractivity contribution in [2.75, 3.05) is 44.8 Å². The van der Waals surface area contributed by atoms with E-state index in [2.05, 4.69) is 24.3 Å². The minimum Gasteiger partial charge on any atom is -0.490 e. The minimum atomic E-state index is 0.0133. The van der Waals surface area contributed by atoms with Crippen molar-refractivity contribution < 1.29 is 9.47 Å². The fraction of sp³-hybridized carbons (Fsp3) is 0.400. The Morgan fingerprint density at radius 3 is 2.76 bits per heavy atom. The van der Waals surface area contributed by atoms with Gasteiger partial charge in [0.15, 0.2) is 0 Å². The zero-order chi connectivity index (χ0) is 17.6. The molecule has 1 aliphatic rings. The number of fused-ring (bicyclic) bond motifs is 1. The van der Waals surface area contributed by atoms with E-state index in [9.17, 15) is 0 Å². The number of para-hydroxylation sites is 1. The van der Waals surface area contributed by atoms with Crippen LogP contribution in [0.25, 0.3) is 0 Å². The first-order valence-electron chi connectivity index (χ1n) is 8.78. The molecule has 3 rings (SSSR count). The molecule has 1 aliphatic heterocycles. The Bertz CT molecular complexity index is 689. The lowest BCUT2D eigenvalue weighted by Gasteiger charge is -2.14. The summed E-state index contributed by atoms with van der Waals surface area (Å²) in [7, 11) is 4.17.